The lowest BCUT2D eigenvalue weighted by atomic mass is 10.1. The number of alkyl halides is 2. The topological polar surface area (TPSA) is 85.8 Å². The first kappa shape index (κ1) is 15.1. The van der Waals surface area contributed by atoms with Crippen molar-refractivity contribution < 1.29 is 18.1 Å². The van der Waals surface area contributed by atoms with E-state index in [0.29, 0.717) is 22.3 Å². The molecule has 0 saturated heterocycles. The number of hydrogen-bond acceptors (Lipinski definition) is 5. The zero-order valence-electron chi connectivity index (χ0n) is 12.4. The summed E-state index contributed by atoms with van der Waals surface area (Å²) in [5.41, 5.74) is 1.95. The van der Waals surface area contributed by atoms with Gasteiger partial charge in [0, 0.05) is 18.8 Å². The molecule has 0 spiro atoms. The van der Waals surface area contributed by atoms with E-state index in [1.165, 1.54) is 6.07 Å². The van der Waals surface area contributed by atoms with Gasteiger partial charge >= 0.3 is 0 Å². The fourth-order valence-corrected chi connectivity index (χ4v) is 2.24. The molecule has 9 heteroatoms. The molecule has 0 aliphatic rings. The van der Waals surface area contributed by atoms with Gasteiger partial charge in [-0.15, -0.1) is 0 Å². The maximum atomic E-state index is 12.3. The molecule has 0 atom stereocenters. The summed E-state index contributed by atoms with van der Waals surface area (Å²) in [6.45, 7) is 0.927. The molecular weight excluding hydrogens is 308 g/mol. The Bertz CT molecular complexity index is 871. The largest absolute Gasteiger partial charge is 0.346 e. The summed E-state index contributed by atoms with van der Waals surface area (Å²) in [5.74, 6) is -0.630. The number of hydrogen-bond donors (Lipinski definition) is 1. The average molecular weight is 321 g/mol. The van der Waals surface area contributed by atoms with Crippen molar-refractivity contribution in [2.24, 2.45) is 7.05 Å². The van der Waals surface area contributed by atoms with Gasteiger partial charge in [-0.2, -0.15) is 5.10 Å². The van der Waals surface area contributed by atoms with E-state index in [9.17, 15) is 13.6 Å². The van der Waals surface area contributed by atoms with Gasteiger partial charge in [-0.25, -0.2) is 13.8 Å². The van der Waals surface area contributed by atoms with Crippen LogP contribution >= 0.6 is 0 Å². The average Bonchev–Trinajstić information content (AvgIpc) is 3.10. The van der Waals surface area contributed by atoms with E-state index < -0.39 is 18.9 Å². The van der Waals surface area contributed by atoms with Crippen molar-refractivity contribution in [2.75, 3.05) is 6.54 Å². The zero-order chi connectivity index (χ0) is 16.6. The number of fused-ring (bicyclic) bond motifs is 1. The van der Waals surface area contributed by atoms with Crippen molar-refractivity contribution in [1.82, 2.24) is 25.2 Å². The Balaban J connectivity index is 2.10. The van der Waals surface area contributed by atoms with E-state index in [1.807, 2.05) is 0 Å². The summed E-state index contributed by atoms with van der Waals surface area (Å²) < 4.78 is 31.3. The molecule has 0 fully saturated rings. The molecule has 0 aliphatic carbocycles. The van der Waals surface area contributed by atoms with E-state index in [0.717, 1.165) is 0 Å². The van der Waals surface area contributed by atoms with Crippen molar-refractivity contribution in [3.05, 3.63) is 29.7 Å². The summed E-state index contributed by atoms with van der Waals surface area (Å²) in [6.07, 6.45) is 0.675. The Labute approximate surface area is 129 Å². The number of pyridine rings is 1. The summed E-state index contributed by atoms with van der Waals surface area (Å²) >= 11 is 0. The van der Waals surface area contributed by atoms with Gasteiger partial charge in [0.25, 0.3) is 18.0 Å². The lowest BCUT2D eigenvalue weighted by Crippen LogP contribution is -2.28. The normalized spacial score (nSPS) is 11.3. The molecule has 3 aromatic heterocycles. The number of carbonyl (C=O) groups is 1. The molecule has 1 amide bonds. The molecule has 7 nitrogen and oxygen atoms in total. The highest BCUT2D eigenvalue weighted by Crippen LogP contribution is 2.26. The monoisotopic (exact) mass is 321 g/mol. The molecule has 23 heavy (non-hydrogen) atoms. The summed E-state index contributed by atoms with van der Waals surface area (Å²) in [4.78, 5) is 16.5. The van der Waals surface area contributed by atoms with Gasteiger partial charge < -0.3 is 9.84 Å². The van der Waals surface area contributed by atoms with Crippen LogP contribution in [0.3, 0.4) is 0 Å². The predicted molar refractivity (Wildman–Crippen MR) is 77.1 cm³/mol. The molecular formula is C14H13F2N5O2. The Morgan fingerprint density at radius 3 is 2.91 bits per heavy atom. The number of rotatable bonds is 4. The van der Waals surface area contributed by atoms with Crippen LogP contribution in [0.25, 0.3) is 22.4 Å². The molecule has 3 rings (SSSR count). The van der Waals surface area contributed by atoms with Crippen LogP contribution in [0.2, 0.25) is 0 Å². The lowest BCUT2D eigenvalue weighted by Gasteiger charge is -2.07. The second-order valence-corrected chi connectivity index (χ2v) is 5.01. The van der Waals surface area contributed by atoms with Crippen LogP contribution in [0.1, 0.15) is 16.1 Å². The van der Waals surface area contributed by atoms with Gasteiger partial charge in [0.2, 0.25) is 0 Å². The number of nitrogens with zero attached hydrogens (tertiary/aromatic N) is 4. The molecule has 0 unspecified atom stereocenters. The SMILES string of the molecule is Cc1noc2nc(-c3cnn(C)c3)cc(C(=O)NCC(F)F)c12. The third kappa shape index (κ3) is 2.89. The van der Waals surface area contributed by atoms with Crippen LogP contribution in [0.15, 0.2) is 23.0 Å². The number of aryl methyl sites for hydroxylation is 2. The first-order chi connectivity index (χ1) is 11.0. The number of nitrogens with one attached hydrogen (secondary N) is 1. The van der Waals surface area contributed by atoms with Gasteiger partial charge in [-0.1, -0.05) is 5.16 Å². The first-order valence-electron chi connectivity index (χ1n) is 6.78. The fraction of sp³-hybridized carbons (Fsp3) is 0.286. The maximum Gasteiger partial charge on any atom is 0.259 e. The highest BCUT2D eigenvalue weighted by atomic mass is 19.3. The minimum absolute atomic E-state index is 0.172. The third-order valence-electron chi connectivity index (χ3n) is 3.28. The van der Waals surface area contributed by atoms with Gasteiger partial charge in [0.15, 0.2) is 0 Å². The van der Waals surface area contributed by atoms with Crippen molar-refractivity contribution in [3.63, 3.8) is 0 Å². The van der Waals surface area contributed by atoms with Crippen LogP contribution < -0.4 is 5.32 Å². The van der Waals surface area contributed by atoms with Gasteiger partial charge in [0.05, 0.1) is 35.1 Å². The Morgan fingerprint density at radius 1 is 1.48 bits per heavy atom. The number of carbonyl (C=O) groups excluding carboxylic acids is 1. The fourth-order valence-electron chi connectivity index (χ4n) is 2.24. The molecule has 0 bridgehead atoms. The number of halogens is 2. The van der Waals surface area contributed by atoms with Crippen molar-refractivity contribution >= 4 is 17.0 Å². The van der Waals surface area contributed by atoms with Gasteiger partial charge in [-0.05, 0) is 13.0 Å². The molecule has 0 saturated carbocycles. The van der Waals surface area contributed by atoms with Crippen LogP contribution in [-0.4, -0.2) is 38.8 Å². The molecule has 120 valence electrons. The summed E-state index contributed by atoms with van der Waals surface area (Å²) in [5, 5.41) is 10.4. The third-order valence-corrected chi connectivity index (χ3v) is 3.28. The predicted octanol–water partition coefficient (Wildman–Crippen LogP) is 1.93. The minimum atomic E-state index is -2.63. The van der Waals surface area contributed by atoms with Crippen molar-refractivity contribution in [3.8, 4) is 11.3 Å². The smallest absolute Gasteiger partial charge is 0.259 e. The van der Waals surface area contributed by atoms with Gasteiger partial charge in [-0.3, -0.25) is 9.48 Å². The molecule has 0 aliphatic heterocycles. The Hall–Kier alpha value is -2.84. The van der Waals surface area contributed by atoms with E-state index in [-0.39, 0.29) is 11.3 Å². The molecule has 3 heterocycles. The molecule has 0 aromatic carbocycles. The Kier molecular flexibility index (Phi) is 3.77. The van der Waals surface area contributed by atoms with E-state index in [1.54, 1.807) is 31.0 Å². The Morgan fingerprint density at radius 2 is 2.26 bits per heavy atom. The number of aromatic nitrogens is 4. The molecule has 3 aromatic rings. The highest BCUT2D eigenvalue weighted by molar-refractivity contribution is 6.06. The summed E-state index contributed by atoms with van der Waals surface area (Å²) in [6, 6.07) is 1.52. The van der Waals surface area contributed by atoms with Crippen LogP contribution in [-0.2, 0) is 7.05 Å². The first-order valence-corrected chi connectivity index (χ1v) is 6.78. The quantitative estimate of drug-likeness (QED) is 0.793. The van der Waals surface area contributed by atoms with Crippen molar-refractivity contribution in [1.29, 1.82) is 0 Å². The van der Waals surface area contributed by atoms with E-state index in [4.69, 9.17) is 4.52 Å². The molecule has 1 N–H and O–H groups in total. The van der Waals surface area contributed by atoms with Gasteiger partial charge in [0.1, 0.15) is 0 Å². The van der Waals surface area contributed by atoms with Crippen molar-refractivity contribution in [2.45, 2.75) is 13.3 Å². The van der Waals surface area contributed by atoms with Crippen LogP contribution in [0.4, 0.5) is 8.78 Å². The summed E-state index contributed by atoms with van der Waals surface area (Å²) in [7, 11) is 1.75. The standard InChI is InChI=1S/C14H13F2N5O2/c1-7-12-9(13(22)17-5-11(15)16)3-10(19-14(12)23-20-7)8-4-18-21(2)6-8/h3-4,6,11H,5H2,1-2H3,(H,17,22). The van der Waals surface area contributed by atoms with E-state index >= 15 is 0 Å². The van der Waals surface area contributed by atoms with Crippen LogP contribution in [0, 0.1) is 6.92 Å². The minimum Gasteiger partial charge on any atom is -0.346 e. The zero-order valence-corrected chi connectivity index (χ0v) is 12.4. The second kappa shape index (κ2) is 5.75. The maximum absolute atomic E-state index is 12.3. The lowest BCUT2D eigenvalue weighted by molar-refractivity contribution is 0.0893. The number of amides is 1. The van der Waals surface area contributed by atoms with Crippen LogP contribution in [0.5, 0.6) is 0 Å². The highest BCUT2D eigenvalue weighted by Gasteiger charge is 2.20. The van der Waals surface area contributed by atoms with E-state index in [2.05, 4.69) is 20.6 Å². The molecule has 0 radical (unpaired) electrons. The second-order valence-electron chi connectivity index (χ2n) is 5.01.